The topological polar surface area (TPSA) is 47.3 Å². The third-order valence-corrected chi connectivity index (χ3v) is 2.44. The van der Waals surface area contributed by atoms with E-state index in [1.54, 1.807) is 7.11 Å². The first-order valence-electron chi connectivity index (χ1n) is 5.76. The number of methoxy groups -OCH3 is 1. The number of hydrogen-bond acceptors (Lipinski definition) is 3. The van der Waals surface area contributed by atoms with Crippen molar-refractivity contribution in [3.8, 4) is 5.75 Å². The molecule has 0 bridgehead atoms. The number of hydrogen-bond donors (Lipinski definition) is 2. The Morgan fingerprint density at radius 1 is 1.38 bits per heavy atom. The van der Waals surface area contributed by atoms with Crippen LogP contribution in [0.2, 0.25) is 0 Å². The van der Waals surface area contributed by atoms with Crippen LogP contribution in [0.3, 0.4) is 0 Å². The number of nitrogens with one attached hydrogen (secondary N) is 1. The van der Waals surface area contributed by atoms with E-state index in [2.05, 4.69) is 25.2 Å². The molecule has 3 heteroatoms. The van der Waals surface area contributed by atoms with Crippen molar-refractivity contribution >= 4 is 5.69 Å². The van der Waals surface area contributed by atoms with Gasteiger partial charge in [0, 0.05) is 0 Å². The molecule has 0 atom stereocenters. The first kappa shape index (κ1) is 12.8. The summed E-state index contributed by atoms with van der Waals surface area (Å²) in [5.41, 5.74) is 7.80. The van der Waals surface area contributed by atoms with Crippen LogP contribution < -0.4 is 15.8 Å². The lowest BCUT2D eigenvalue weighted by Gasteiger charge is -2.09. The molecular formula is C13H22N2O. The lowest BCUT2D eigenvalue weighted by atomic mass is 10.1. The fourth-order valence-corrected chi connectivity index (χ4v) is 1.56. The van der Waals surface area contributed by atoms with Crippen molar-refractivity contribution in [3.05, 3.63) is 23.8 Å². The Hall–Kier alpha value is -1.22. The molecule has 0 heterocycles. The molecule has 0 fully saturated rings. The second-order valence-corrected chi connectivity index (χ2v) is 4.42. The number of rotatable bonds is 6. The van der Waals surface area contributed by atoms with E-state index in [1.807, 2.05) is 12.1 Å². The molecule has 16 heavy (non-hydrogen) atoms. The predicted octanol–water partition coefficient (Wildman–Crippen LogP) is 2.07. The summed E-state index contributed by atoms with van der Waals surface area (Å²) >= 11 is 0. The molecule has 1 aromatic rings. The summed E-state index contributed by atoms with van der Waals surface area (Å²) in [6.07, 6.45) is 1.00. The van der Waals surface area contributed by atoms with Crippen LogP contribution >= 0.6 is 0 Å². The molecule has 0 radical (unpaired) electrons. The quantitative estimate of drug-likeness (QED) is 0.572. The van der Waals surface area contributed by atoms with Gasteiger partial charge >= 0.3 is 0 Å². The molecule has 3 nitrogen and oxygen atoms in total. The maximum absolute atomic E-state index is 5.84. The second-order valence-electron chi connectivity index (χ2n) is 4.42. The van der Waals surface area contributed by atoms with Crippen LogP contribution in [0.25, 0.3) is 0 Å². The molecule has 0 spiro atoms. The maximum Gasteiger partial charge on any atom is 0.141 e. The summed E-state index contributed by atoms with van der Waals surface area (Å²) < 4.78 is 5.12. The van der Waals surface area contributed by atoms with E-state index >= 15 is 0 Å². The Kier molecular flexibility index (Phi) is 5.12. The SMILES string of the molecule is COc1ccc(CCNCC(C)C)cc1N. The molecule has 0 aromatic heterocycles. The Morgan fingerprint density at radius 3 is 2.69 bits per heavy atom. The van der Waals surface area contributed by atoms with Gasteiger partial charge in [0.1, 0.15) is 5.75 Å². The average Bonchev–Trinajstić information content (AvgIpc) is 2.24. The van der Waals surface area contributed by atoms with E-state index < -0.39 is 0 Å². The summed E-state index contributed by atoms with van der Waals surface area (Å²) in [6.45, 7) is 6.46. The summed E-state index contributed by atoms with van der Waals surface area (Å²) in [6, 6.07) is 5.97. The largest absolute Gasteiger partial charge is 0.495 e. The molecule has 0 aliphatic carbocycles. The molecule has 0 amide bonds. The highest BCUT2D eigenvalue weighted by Crippen LogP contribution is 2.21. The van der Waals surface area contributed by atoms with Crippen LogP contribution in [-0.2, 0) is 6.42 Å². The van der Waals surface area contributed by atoms with Crippen molar-refractivity contribution in [1.29, 1.82) is 0 Å². The normalized spacial score (nSPS) is 10.8. The van der Waals surface area contributed by atoms with Crippen LogP contribution in [0, 0.1) is 5.92 Å². The minimum atomic E-state index is 0.695. The first-order chi connectivity index (χ1) is 7.63. The number of nitrogen functional groups attached to an aromatic ring is 1. The predicted molar refractivity (Wildman–Crippen MR) is 68.8 cm³/mol. The molecule has 0 aliphatic rings. The number of ether oxygens (including phenoxy) is 1. The molecule has 0 saturated carbocycles. The monoisotopic (exact) mass is 222 g/mol. The van der Waals surface area contributed by atoms with Crippen LogP contribution in [0.5, 0.6) is 5.75 Å². The van der Waals surface area contributed by atoms with Crippen molar-refractivity contribution in [2.75, 3.05) is 25.9 Å². The van der Waals surface area contributed by atoms with Crippen LogP contribution in [0.1, 0.15) is 19.4 Å². The molecular weight excluding hydrogens is 200 g/mol. The van der Waals surface area contributed by atoms with E-state index in [9.17, 15) is 0 Å². The Morgan fingerprint density at radius 2 is 2.12 bits per heavy atom. The van der Waals surface area contributed by atoms with Gasteiger partial charge in [0.05, 0.1) is 12.8 Å². The van der Waals surface area contributed by atoms with E-state index in [4.69, 9.17) is 10.5 Å². The van der Waals surface area contributed by atoms with Gasteiger partial charge in [-0.05, 0) is 43.1 Å². The second kappa shape index (κ2) is 6.38. The summed E-state index contributed by atoms with van der Waals surface area (Å²) in [5, 5.41) is 3.41. The van der Waals surface area contributed by atoms with Gasteiger partial charge in [-0.1, -0.05) is 19.9 Å². The van der Waals surface area contributed by atoms with Crippen molar-refractivity contribution in [2.24, 2.45) is 5.92 Å². The van der Waals surface area contributed by atoms with Crippen LogP contribution in [-0.4, -0.2) is 20.2 Å². The summed E-state index contributed by atoms with van der Waals surface area (Å²) in [5.74, 6) is 1.44. The zero-order chi connectivity index (χ0) is 12.0. The van der Waals surface area contributed by atoms with Gasteiger partial charge < -0.3 is 15.8 Å². The molecule has 3 N–H and O–H groups in total. The average molecular weight is 222 g/mol. The van der Waals surface area contributed by atoms with Gasteiger partial charge in [0.2, 0.25) is 0 Å². The van der Waals surface area contributed by atoms with Gasteiger partial charge in [-0.15, -0.1) is 0 Å². The lowest BCUT2D eigenvalue weighted by Crippen LogP contribution is -2.22. The first-order valence-corrected chi connectivity index (χ1v) is 5.76. The highest BCUT2D eigenvalue weighted by Gasteiger charge is 2.00. The van der Waals surface area contributed by atoms with Gasteiger partial charge in [-0.2, -0.15) is 0 Å². The van der Waals surface area contributed by atoms with Gasteiger partial charge in [-0.25, -0.2) is 0 Å². The highest BCUT2D eigenvalue weighted by molar-refractivity contribution is 5.54. The minimum Gasteiger partial charge on any atom is -0.495 e. The molecule has 1 aromatic carbocycles. The van der Waals surface area contributed by atoms with Crippen molar-refractivity contribution < 1.29 is 4.74 Å². The minimum absolute atomic E-state index is 0.695. The third kappa shape index (κ3) is 4.11. The highest BCUT2D eigenvalue weighted by atomic mass is 16.5. The van der Waals surface area contributed by atoms with E-state index in [0.29, 0.717) is 11.6 Å². The Bertz CT molecular complexity index is 324. The molecule has 90 valence electrons. The van der Waals surface area contributed by atoms with Crippen molar-refractivity contribution in [2.45, 2.75) is 20.3 Å². The van der Waals surface area contributed by atoms with E-state index in [-0.39, 0.29) is 0 Å². The number of anilines is 1. The lowest BCUT2D eigenvalue weighted by molar-refractivity contribution is 0.417. The van der Waals surface area contributed by atoms with E-state index in [0.717, 1.165) is 25.3 Å². The van der Waals surface area contributed by atoms with Gasteiger partial charge in [-0.3, -0.25) is 0 Å². The summed E-state index contributed by atoms with van der Waals surface area (Å²) in [4.78, 5) is 0. The Balaban J connectivity index is 2.40. The zero-order valence-corrected chi connectivity index (χ0v) is 10.4. The third-order valence-electron chi connectivity index (χ3n) is 2.44. The smallest absolute Gasteiger partial charge is 0.141 e. The summed E-state index contributed by atoms with van der Waals surface area (Å²) in [7, 11) is 1.63. The number of benzene rings is 1. The maximum atomic E-state index is 5.84. The van der Waals surface area contributed by atoms with Gasteiger partial charge in [0.25, 0.3) is 0 Å². The van der Waals surface area contributed by atoms with Crippen molar-refractivity contribution in [3.63, 3.8) is 0 Å². The van der Waals surface area contributed by atoms with Crippen molar-refractivity contribution in [1.82, 2.24) is 5.32 Å². The fourth-order valence-electron chi connectivity index (χ4n) is 1.56. The standard InChI is InChI=1S/C13H22N2O/c1-10(2)9-15-7-6-11-4-5-13(16-3)12(14)8-11/h4-5,8,10,15H,6-7,9,14H2,1-3H3. The zero-order valence-electron chi connectivity index (χ0n) is 10.4. The van der Waals surface area contributed by atoms with E-state index in [1.165, 1.54) is 5.56 Å². The van der Waals surface area contributed by atoms with Crippen LogP contribution in [0.4, 0.5) is 5.69 Å². The molecule has 0 aliphatic heterocycles. The fraction of sp³-hybridized carbons (Fsp3) is 0.538. The molecule has 0 unspecified atom stereocenters. The number of nitrogens with two attached hydrogens (primary N) is 1. The Labute approximate surface area is 98.0 Å². The van der Waals surface area contributed by atoms with Crippen LogP contribution in [0.15, 0.2) is 18.2 Å². The molecule has 1 rings (SSSR count). The molecule has 0 saturated heterocycles. The van der Waals surface area contributed by atoms with Gasteiger partial charge in [0.15, 0.2) is 0 Å².